The van der Waals surface area contributed by atoms with Crippen molar-refractivity contribution in [3.8, 4) is 0 Å². The molecule has 0 saturated carbocycles. The molecule has 2 aromatic carbocycles. The molecule has 0 spiro atoms. The number of amides is 1. The molecule has 9 heteroatoms. The van der Waals surface area contributed by atoms with Crippen LogP contribution in [0.4, 0.5) is 15.3 Å². The molecule has 0 fully saturated rings. The second-order valence-electron chi connectivity index (χ2n) is 9.48. The van der Waals surface area contributed by atoms with Crippen LogP contribution in [0.15, 0.2) is 59.1 Å². The number of nitrogens with zero attached hydrogens (tertiary/aromatic N) is 2. The van der Waals surface area contributed by atoms with E-state index in [1.54, 1.807) is 20.8 Å². The number of hydrogen-bond donors (Lipinski definition) is 2. The third kappa shape index (κ3) is 6.03. The molecule has 1 aromatic heterocycles. The van der Waals surface area contributed by atoms with Crippen LogP contribution in [0, 0.1) is 6.92 Å². The summed E-state index contributed by atoms with van der Waals surface area (Å²) in [5, 5.41) is 10.9. The fraction of sp³-hybridized carbons (Fsp3) is 0.346. The van der Waals surface area contributed by atoms with E-state index in [1.165, 1.54) is 4.68 Å². The lowest BCUT2D eigenvalue weighted by molar-refractivity contribution is 0.0503. The molecule has 2 N–H and O–H groups in total. The number of fused-ring (bicyclic) bond motifs is 1. The van der Waals surface area contributed by atoms with Crippen molar-refractivity contribution in [2.45, 2.75) is 58.4 Å². The molecule has 0 bridgehead atoms. The summed E-state index contributed by atoms with van der Waals surface area (Å²) in [5.41, 5.74) is 3.12. The van der Waals surface area contributed by atoms with Crippen LogP contribution in [-0.2, 0) is 16.1 Å². The molecular formula is C26H29BrN4O4. The van der Waals surface area contributed by atoms with Crippen LogP contribution in [-0.4, -0.2) is 27.6 Å². The highest BCUT2D eigenvalue weighted by atomic mass is 79.9. The lowest BCUT2D eigenvalue weighted by Crippen LogP contribution is -2.37. The van der Waals surface area contributed by atoms with E-state index < -0.39 is 23.8 Å². The summed E-state index contributed by atoms with van der Waals surface area (Å²) in [6.07, 6.45) is -0.686. The van der Waals surface area contributed by atoms with E-state index in [0.717, 1.165) is 15.6 Å². The Hall–Kier alpha value is -3.33. The van der Waals surface area contributed by atoms with Crippen molar-refractivity contribution in [2.75, 3.05) is 5.32 Å². The molecule has 0 aliphatic carbocycles. The first-order valence-corrected chi connectivity index (χ1v) is 12.2. The highest BCUT2D eigenvalue weighted by Crippen LogP contribution is 2.41. The van der Waals surface area contributed by atoms with Gasteiger partial charge in [0.25, 0.3) is 0 Å². The molecule has 8 nitrogen and oxygen atoms in total. The average molecular weight is 541 g/mol. The van der Waals surface area contributed by atoms with Gasteiger partial charge >= 0.3 is 12.2 Å². The van der Waals surface area contributed by atoms with E-state index in [0.29, 0.717) is 23.5 Å². The summed E-state index contributed by atoms with van der Waals surface area (Å²) in [7, 11) is 0. The zero-order valence-electron chi connectivity index (χ0n) is 20.2. The van der Waals surface area contributed by atoms with Crippen molar-refractivity contribution in [1.82, 2.24) is 15.1 Å². The molecule has 1 aliphatic heterocycles. The summed E-state index contributed by atoms with van der Waals surface area (Å²) in [5.74, 6) is 0. The maximum absolute atomic E-state index is 13.0. The molecule has 0 saturated heterocycles. The first-order valence-electron chi connectivity index (χ1n) is 11.4. The Labute approximate surface area is 213 Å². The van der Waals surface area contributed by atoms with Crippen molar-refractivity contribution in [3.63, 3.8) is 0 Å². The number of alkyl carbamates (subject to hydrolysis) is 1. The van der Waals surface area contributed by atoms with Gasteiger partial charge in [0.05, 0.1) is 29.2 Å². The lowest BCUT2D eigenvalue weighted by Gasteiger charge is -2.32. The van der Waals surface area contributed by atoms with E-state index >= 15 is 0 Å². The number of carbonyl (C=O) groups excluding carboxylic acids is 2. The second-order valence-corrected chi connectivity index (χ2v) is 10.4. The normalized spacial score (nSPS) is 17.2. The number of rotatable bonds is 4. The van der Waals surface area contributed by atoms with E-state index in [9.17, 15) is 9.59 Å². The SMILES string of the molecule is Cc1nn(C(=O)OC(C)(C)C)c2c1N[C@H](c1ccc(Br)cc1)C[C@H]2NC(=O)OCc1ccccc1. The van der Waals surface area contributed by atoms with Crippen LogP contribution in [0.1, 0.15) is 61.8 Å². The molecule has 184 valence electrons. The topological polar surface area (TPSA) is 94.5 Å². The summed E-state index contributed by atoms with van der Waals surface area (Å²) >= 11 is 3.47. The second kappa shape index (κ2) is 10.1. The monoisotopic (exact) mass is 540 g/mol. The van der Waals surface area contributed by atoms with Crippen LogP contribution < -0.4 is 10.6 Å². The van der Waals surface area contributed by atoms with E-state index in [4.69, 9.17) is 9.47 Å². The fourth-order valence-electron chi connectivity index (χ4n) is 4.02. The third-order valence-electron chi connectivity index (χ3n) is 5.56. The Bertz CT molecular complexity index is 1200. The van der Waals surface area contributed by atoms with E-state index in [-0.39, 0.29) is 12.6 Å². The van der Waals surface area contributed by atoms with Crippen molar-refractivity contribution in [1.29, 1.82) is 0 Å². The number of nitrogens with one attached hydrogen (secondary N) is 2. The number of aromatic nitrogens is 2. The minimum Gasteiger partial charge on any atom is -0.445 e. The first-order chi connectivity index (χ1) is 16.6. The number of anilines is 1. The van der Waals surface area contributed by atoms with Gasteiger partial charge in [-0.05, 0) is 57.4 Å². The molecule has 1 amide bonds. The maximum atomic E-state index is 13.0. The van der Waals surface area contributed by atoms with Gasteiger partial charge in [0, 0.05) is 4.47 Å². The van der Waals surface area contributed by atoms with Crippen LogP contribution in [0.2, 0.25) is 0 Å². The summed E-state index contributed by atoms with van der Waals surface area (Å²) < 4.78 is 13.3. The zero-order chi connectivity index (χ0) is 25.2. The quantitative estimate of drug-likeness (QED) is 0.405. The summed E-state index contributed by atoms with van der Waals surface area (Å²) in [6.45, 7) is 7.36. The Kier molecular flexibility index (Phi) is 7.16. The Morgan fingerprint density at radius 2 is 1.83 bits per heavy atom. The number of benzene rings is 2. The molecule has 2 heterocycles. The molecule has 3 aromatic rings. The van der Waals surface area contributed by atoms with Crippen molar-refractivity contribution in [2.24, 2.45) is 0 Å². The Morgan fingerprint density at radius 3 is 2.49 bits per heavy atom. The van der Waals surface area contributed by atoms with Crippen LogP contribution >= 0.6 is 15.9 Å². The first kappa shape index (κ1) is 24.8. The van der Waals surface area contributed by atoms with Crippen molar-refractivity contribution < 1.29 is 19.1 Å². The minimum absolute atomic E-state index is 0.106. The molecule has 2 atom stereocenters. The van der Waals surface area contributed by atoms with Crippen molar-refractivity contribution in [3.05, 3.63) is 81.6 Å². The molecule has 35 heavy (non-hydrogen) atoms. The van der Waals surface area contributed by atoms with Gasteiger partial charge in [0.1, 0.15) is 12.2 Å². The van der Waals surface area contributed by atoms with Crippen LogP contribution in [0.5, 0.6) is 0 Å². The minimum atomic E-state index is -0.691. The molecule has 1 aliphatic rings. The van der Waals surface area contributed by atoms with Gasteiger partial charge in [-0.1, -0.05) is 58.4 Å². The molecular weight excluding hydrogens is 512 g/mol. The zero-order valence-corrected chi connectivity index (χ0v) is 21.8. The fourth-order valence-corrected chi connectivity index (χ4v) is 4.28. The third-order valence-corrected chi connectivity index (χ3v) is 6.09. The van der Waals surface area contributed by atoms with Gasteiger partial charge in [-0.3, -0.25) is 0 Å². The van der Waals surface area contributed by atoms with Gasteiger partial charge in [-0.25, -0.2) is 9.59 Å². The largest absolute Gasteiger partial charge is 0.445 e. The van der Waals surface area contributed by atoms with Gasteiger partial charge in [0.15, 0.2) is 0 Å². The smallest absolute Gasteiger partial charge is 0.435 e. The number of aryl methyl sites for hydroxylation is 1. The van der Waals surface area contributed by atoms with Crippen LogP contribution in [0.25, 0.3) is 0 Å². The number of carbonyl (C=O) groups is 2. The highest BCUT2D eigenvalue weighted by molar-refractivity contribution is 9.10. The van der Waals surface area contributed by atoms with Crippen LogP contribution in [0.3, 0.4) is 0 Å². The molecule has 4 rings (SSSR count). The highest BCUT2D eigenvalue weighted by Gasteiger charge is 2.37. The summed E-state index contributed by atoms with van der Waals surface area (Å²) in [4.78, 5) is 25.8. The summed E-state index contributed by atoms with van der Waals surface area (Å²) in [6, 6.07) is 16.8. The number of ether oxygens (including phenoxy) is 2. The maximum Gasteiger partial charge on any atom is 0.435 e. The molecule has 0 radical (unpaired) electrons. The van der Waals surface area contributed by atoms with E-state index in [2.05, 4.69) is 31.7 Å². The average Bonchev–Trinajstić information content (AvgIpc) is 3.15. The Morgan fingerprint density at radius 1 is 1.14 bits per heavy atom. The predicted molar refractivity (Wildman–Crippen MR) is 136 cm³/mol. The Balaban J connectivity index is 1.63. The van der Waals surface area contributed by atoms with E-state index in [1.807, 2.05) is 61.5 Å². The number of hydrogen-bond acceptors (Lipinski definition) is 6. The standard InChI is InChI=1S/C26H29BrN4O4/c1-16-22-23(31(30-16)25(33)35-26(2,3)4)21(14-20(28-22)18-10-12-19(27)13-11-18)29-24(32)34-15-17-8-6-5-7-9-17/h5-13,20-21,28H,14-15H2,1-4H3,(H,29,32)/t20-,21+/m0/s1. The van der Waals surface area contributed by atoms with Gasteiger partial charge in [-0.2, -0.15) is 9.78 Å². The number of halogens is 1. The molecule has 0 unspecified atom stereocenters. The van der Waals surface area contributed by atoms with Gasteiger partial charge < -0.3 is 20.1 Å². The van der Waals surface area contributed by atoms with Gasteiger partial charge in [0.2, 0.25) is 0 Å². The van der Waals surface area contributed by atoms with Gasteiger partial charge in [-0.15, -0.1) is 0 Å². The lowest BCUT2D eigenvalue weighted by atomic mass is 9.92. The van der Waals surface area contributed by atoms with Crippen molar-refractivity contribution >= 4 is 33.8 Å². The predicted octanol–water partition coefficient (Wildman–Crippen LogP) is 6.26.